The number of anilines is 1. The van der Waals surface area contributed by atoms with E-state index in [1.807, 2.05) is 38.2 Å². The zero-order valence-corrected chi connectivity index (χ0v) is 17.7. The summed E-state index contributed by atoms with van der Waals surface area (Å²) in [5.41, 5.74) is 1.52. The smallest absolute Gasteiger partial charge is 0.282 e. The van der Waals surface area contributed by atoms with Gasteiger partial charge in [-0.05, 0) is 37.3 Å². The Kier molecular flexibility index (Phi) is 7.17. The zero-order chi connectivity index (χ0) is 20.9. The second-order valence-corrected chi connectivity index (χ2v) is 9.05. The van der Waals surface area contributed by atoms with Crippen molar-refractivity contribution in [2.24, 2.45) is 0 Å². The summed E-state index contributed by atoms with van der Waals surface area (Å²) >= 11 is 0. The molecule has 0 heterocycles. The minimum absolute atomic E-state index is 0.139. The average Bonchev–Trinajstić information content (AvgIpc) is 2.67. The largest absolute Gasteiger partial charge is 0.497 e. The van der Waals surface area contributed by atoms with Crippen LogP contribution in [-0.4, -0.2) is 52.9 Å². The lowest BCUT2D eigenvalue weighted by Crippen LogP contribution is -3.12. The van der Waals surface area contributed by atoms with Crippen LogP contribution in [0.3, 0.4) is 0 Å². The Balaban J connectivity index is 2.07. The lowest BCUT2D eigenvalue weighted by Gasteiger charge is -2.21. The molecule has 0 radical (unpaired) electrons. The molecule has 0 aliphatic carbocycles. The fourth-order valence-corrected chi connectivity index (χ4v) is 3.62. The highest BCUT2D eigenvalue weighted by atomic mass is 32.2. The van der Waals surface area contributed by atoms with Crippen LogP contribution in [-0.2, 0) is 21.4 Å². The normalized spacial score (nSPS) is 13.8. The van der Waals surface area contributed by atoms with Gasteiger partial charge in [-0.2, -0.15) is 0 Å². The number of likely N-dealkylation sites (N-methyl/N-ethyl adjacent to an activating group) is 1. The van der Waals surface area contributed by atoms with E-state index in [9.17, 15) is 13.2 Å². The molecule has 8 heteroatoms. The van der Waals surface area contributed by atoms with E-state index in [0.29, 0.717) is 12.2 Å². The first-order valence-corrected chi connectivity index (χ1v) is 10.4. The molecule has 2 N–H and O–H groups in total. The molecule has 0 saturated carbocycles. The Morgan fingerprint density at radius 2 is 1.86 bits per heavy atom. The lowest BCUT2D eigenvalue weighted by atomic mass is 10.1. The van der Waals surface area contributed by atoms with Crippen molar-refractivity contribution in [2.45, 2.75) is 24.4 Å². The molecule has 0 fully saturated rings. The predicted octanol–water partition coefficient (Wildman–Crippen LogP) is 0.987. The molecule has 2 aromatic carbocycles. The third kappa shape index (κ3) is 5.31. The Bertz CT molecular complexity index is 929. The van der Waals surface area contributed by atoms with Gasteiger partial charge in [-0.25, -0.2) is 12.7 Å². The number of ether oxygens (including phenoxy) is 1. The van der Waals surface area contributed by atoms with Crippen molar-refractivity contribution in [1.82, 2.24) is 4.31 Å². The summed E-state index contributed by atoms with van der Waals surface area (Å²) in [4.78, 5) is 13.8. The van der Waals surface area contributed by atoms with Crippen molar-refractivity contribution < 1.29 is 22.8 Å². The fourth-order valence-electron chi connectivity index (χ4n) is 2.68. The average molecular weight is 407 g/mol. The Morgan fingerprint density at radius 3 is 2.50 bits per heavy atom. The van der Waals surface area contributed by atoms with Gasteiger partial charge in [-0.1, -0.05) is 18.2 Å². The van der Waals surface area contributed by atoms with Crippen molar-refractivity contribution >= 4 is 21.6 Å². The summed E-state index contributed by atoms with van der Waals surface area (Å²) in [5, 5.41) is 2.81. The van der Waals surface area contributed by atoms with Crippen molar-refractivity contribution in [1.29, 1.82) is 0 Å². The van der Waals surface area contributed by atoms with Crippen LogP contribution in [0.15, 0.2) is 53.4 Å². The molecule has 2 rings (SSSR count). The molecule has 2 atom stereocenters. The van der Waals surface area contributed by atoms with Gasteiger partial charge in [-0.15, -0.1) is 0 Å². The van der Waals surface area contributed by atoms with E-state index in [0.717, 1.165) is 20.5 Å². The van der Waals surface area contributed by atoms with Gasteiger partial charge in [-0.3, -0.25) is 4.79 Å². The zero-order valence-electron chi connectivity index (χ0n) is 16.9. The quantitative estimate of drug-likeness (QED) is 0.685. The van der Waals surface area contributed by atoms with Crippen LogP contribution in [0, 0.1) is 0 Å². The third-order valence-corrected chi connectivity index (χ3v) is 6.44. The van der Waals surface area contributed by atoms with E-state index in [1.54, 1.807) is 19.2 Å². The second-order valence-electron chi connectivity index (χ2n) is 6.90. The number of hydrogen-bond acceptors (Lipinski definition) is 4. The number of hydrogen-bond donors (Lipinski definition) is 2. The van der Waals surface area contributed by atoms with Gasteiger partial charge >= 0.3 is 0 Å². The van der Waals surface area contributed by atoms with E-state index in [-0.39, 0.29) is 16.8 Å². The number of sulfonamides is 1. The molecule has 7 nitrogen and oxygen atoms in total. The van der Waals surface area contributed by atoms with Crippen LogP contribution in [0.4, 0.5) is 5.69 Å². The summed E-state index contributed by atoms with van der Waals surface area (Å²) in [6, 6.07) is 13.7. The van der Waals surface area contributed by atoms with Crippen molar-refractivity contribution in [3.05, 3.63) is 54.1 Å². The monoisotopic (exact) mass is 406 g/mol. The first kappa shape index (κ1) is 21.9. The van der Waals surface area contributed by atoms with E-state index in [2.05, 4.69) is 5.32 Å². The highest BCUT2D eigenvalue weighted by Crippen LogP contribution is 2.18. The van der Waals surface area contributed by atoms with Gasteiger partial charge in [0.1, 0.15) is 12.3 Å². The summed E-state index contributed by atoms with van der Waals surface area (Å²) in [6.07, 6.45) is 0. The van der Waals surface area contributed by atoms with Gasteiger partial charge in [0.05, 0.1) is 19.1 Å². The number of nitrogens with one attached hydrogen (secondary N) is 2. The summed E-state index contributed by atoms with van der Waals surface area (Å²) in [7, 11) is 2.95. The SMILES string of the molecule is COc1cccc(C[NH+](C)[C@@H](C)C(=O)Nc2cccc(S(=O)(=O)N(C)C)c2)c1. The molecule has 0 saturated heterocycles. The molecule has 1 amide bonds. The molecule has 0 spiro atoms. The van der Waals surface area contributed by atoms with Crippen LogP contribution in [0.5, 0.6) is 5.75 Å². The van der Waals surface area contributed by atoms with Crippen LogP contribution >= 0.6 is 0 Å². The van der Waals surface area contributed by atoms with Crippen molar-refractivity contribution in [3.63, 3.8) is 0 Å². The van der Waals surface area contributed by atoms with E-state index in [1.165, 1.54) is 26.2 Å². The van der Waals surface area contributed by atoms with Gasteiger partial charge in [0.2, 0.25) is 10.0 Å². The Labute approximate surface area is 167 Å². The highest BCUT2D eigenvalue weighted by Gasteiger charge is 2.23. The van der Waals surface area contributed by atoms with Gasteiger partial charge in [0.15, 0.2) is 6.04 Å². The number of benzene rings is 2. The van der Waals surface area contributed by atoms with E-state index >= 15 is 0 Å². The number of carbonyl (C=O) groups is 1. The molecule has 0 aromatic heterocycles. The number of rotatable bonds is 8. The molecular formula is C20H28N3O4S+. The fraction of sp³-hybridized carbons (Fsp3) is 0.350. The van der Waals surface area contributed by atoms with Crippen LogP contribution in [0.2, 0.25) is 0 Å². The van der Waals surface area contributed by atoms with Crippen LogP contribution in [0.1, 0.15) is 12.5 Å². The molecule has 152 valence electrons. The minimum Gasteiger partial charge on any atom is -0.497 e. The Morgan fingerprint density at radius 1 is 1.18 bits per heavy atom. The number of quaternary nitrogens is 1. The first-order valence-electron chi connectivity index (χ1n) is 8.94. The predicted molar refractivity (Wildman–Crippen MR) is 109 cm³/mol. The molecular weight excluding hydrogens is 378 g/mol. The summed E-state index contributed by atoms with van der Waals surface area (Å²) in [5.74, 6) is 0.598. The van der Waals surface area contributed by atoms with Gasteiger partial charge in [0, 0.05) is 25.3 Å². The topological polar surface area (TPSA) is 80.1 Å². The van der Waals surface area contributed by atoms with Gasteiger partial charge in [0.25, 0.3) is 5.91 Å². The maximum absolute atomic E-state index is 12.6. The minimum atomic E-state index is -3.55. The maximum atomic E-state index is 12.6. The van der Waals surface area contributed by atoms with Crippen LogP contribution < -0.4 is 15.0 Å². The van der Waals surface area contributed by atoms with E-state index < -0.39 is 10.0 Å². The highest BCUT2D eigenvalue weighted by molar-refractivity contribution is 7.89. The summed E-state index contributed by atoms with van der Waals surface area (Å²) in [6.45, 7) is 2.49. The van der Waals surface area contributed by atoms with E-state index in [4.69, 9.17) is 4.74 Å². The molecule has 0 bridgehead atoms. The second kappa shape index (κ2) is 9.18. The van der Waals surface area contributed by atoms with Gasteiger partial charge < -0.3 is 15.0 Å². The van der Waals surface area contributed by atoms with Crippen molar-refractivity contribution in [2.75, 3.05) is 33.6 Å². The molecule has 0 aliphatic heterocycles. The third-order valence-electron chi connectivity index (χ3n) is 4.63. The maximum Gasteiger partial charge on any atom is 0.282 e. The van der Waals surface area contributed by atoms with Crippen molar-refractivity contribution in [3.8, 4) is 5.75 Å². The number of nitrogens with zero attached hydrogens (tertiary/aromatic N) is 1. The Hall–Kier alpha value is -2.42. The molecule has 1 unspecified atom stereocenters. The number of methoxy groups -OCH3 is 1. The van der Waals surface area contributed by atoms with Crippen LogP contribution in [0.25, 0.3) is 0 Å². The standard InChI is InChI=1S/C20H27N3O4S/c1-15(23(4)14-16-8-6-10-18(12-16)27-5)20(24)21-17-9-7-11-19(13-17)28(25,26)22(2)3/h6-13,15H,14H2,1-5H3,(H,21,24)/p+1/t15-/m0/s1. The summed E-state index contributed by atoms with van der Waals surface area (Å²) < 4.78 is 30.9. The number of amides is 1. The molecule has 28 heavy (non-hydrogen) atoms. The first-order chi connectivity index (χ1) is 13.1. The number of carbonyl (C=O) groups excluding carboxylic acids is 1. The molecule has 0 aliphatic rings. The lowest BCUT2D eigenvalue weighted by molar-refractivity contribution is -0.907. The molecule has 2 aromatic rings.